The minimum absolute atomic E-state index is 0.169. The molecule has 0 amide bonds. The number of benzene rings is 1. The highest BCUT2D eigenvalue weighted by Gasteiger charge is 2.14. The largest absolute Gasteiger partial charge is 0.385 e. The minimum Gasteiger partial charge on any atom is -0.385 e. The van der Waals surface area contributed by atoms with Crippen molar-refractivity contribution in [2.45, 2.75) is 33.2 Å². The number of hydrogen-bond donors (Lipinski definition) is 1. The molecule has 0 aromatic heterocycles. The Kier molecular flexibility index (Phi) is 5.09. The van der Waals surface area contributed by atoms with Crippen molar-refractivity contribution in [3.8, 4) is 0 Å². The summed E-state index contributed by atoms with van der Waals surface area (Å²) in [6, 6.07) is 3.71. The van der Waals surface area contributed by atoms with Gasteiger partial charge in [-0.05, 0) is 38.8 Å². The van der Waals surface area contributed by atoms with Gasteiger partial charge >= 0.3 is 0 Å². The molecule has 0 bridgehead atoms. The molecule has 0 aliphatic rings. The van der Waals surface area contributed by atoms with E-state index in [1.54, 1.807) is 20.1 Å². The second kappa shape index (κ2) is 6.35. The van der Waals surface area contributed by atoms with Crippen LogP contribution in [-0.4, -0.2) is 24.7 Å². The van der Waals surface area contributed by atoms with E-state index in [1.165, 1.54) is 0 Å². The van der Waals surface area contributed by atoms with Crippen LogP contribution in [-0.2, 0) is 4.74 Å². The summed E-state index contributed by atoms with van der Waals surface area (Å²) in [7, 11) is 1.67. The van der Waals surface area contributed by atoms with Crippen LogP contribution in [0.25, 0.3) is 0 Å². The van der Waals surface area contributed by atoms with Crippen molar-refractivity contribution in [1.29, 1.82) is 0 Å². The van der Waals surface area contributed by atoms with Gasteiger partial charge in [-0.15, -0.1) is 0 Å². The van der Waals surface area contributed by atoms with Crippen LogP contribution in [0.3, 0.4) is 0 Å². The van der Waals surface area contributed by atoms with Gasteiger partial charge in [-0.2, -0.15) is 0 Å². The number of nitro groups is 1. The number of nitro benzene ring substituents is 1. The third-order valence-corrected chi connectivity index (χ3v) is 2.90. The van der Waals surface area contributed by atoms with E-state index in [0.717, 1.165) is 17.7 Å². The maximum Gasteiger partial charge on any atom is 0.272 e. The zero-order valence-corrected chi connectivity index (χ0v) is 11.3. The van der Waals surface area contributed by atoms with Crippen molar-refractivity contribution < 1.29 is 9.66 Å². The van der Waals surface area contributed by atoms with Gasteiger partial charge in [0.05, 0.1) is 4.92 Å². The first-order valence-electron chi connectivity index (χ1n) is 5.96. The molecule has 1 atom stereocenters. The fraction of sp³-hybridized carbons (Fsp3) is 0.538. The number of aryl methyl sites for hydroxylation is 2. The Hall–Kier alpha value is -1.62. The average Bonchev–Trinajstić information content (AvgIpc) is 2.30. The lowest BCUT2D eigenvalue weighted by molar-refractivity contribution is -0.385. The Labute approximate surface area is 107 Å². The van der Waals surface area contributed by atoms with Crippen LogP contribution in [0.2, 0.25) is 0 Å². The quantitative estimate of drug-likeness (QED) is 0.624. The topological polar surface area (TPSA) is 64.4 Å². The second-order valence-electron chi connectivity index (χ2n) is 4.54. The molecular weight excluding hydrogens is 232 g/mol. The highest BCUT2D eigenvalue weighted by molar-refractivity contribution is 5.59. The van der Waals surface area contributed by atoms with E-state index in [-0.39, 0.29) is 16.7 Å². The Bertz CT molecular complexity index is 432. The first-order valence-corrected chi connectivity index (χ1v) is 5.96. The molecule has 1 N–H and O–H groups in total. The van der Waals surface area contributed by atoms with Crippen LogP contribution in [0, 0.1) is 24.0 Å². The van der Waals surface area contributed by atoms with Crippen LogP contribution in [0.1, 0.15) is 24.5 Å². The summed E-state index contributed by atoms with van der Waals surface area (Å²) in [6.07, 6.45) is 0.895. The Morgan fingerprint density at radius 3 is 2.61 bits per heavy atom. The average molecular weight is 252 g/mol. The molecule has 0 saturated carbocycles. The highest BCUT2D eigenvalue weighted by Crippen LogP contribution is 2.26. The number of nitrogens with one attached hydrogen (secondary N) is 1. The predicted octanol–water partition coefficient (Wildman–Crippen LogP) is 3.05. The molecule has 1 aromatic rings. The molecule has 0 saturated heterocycles. The Morgan fingerprint density at radius 1 is 1.39 bits per heavy atom. The summed E-state index contributed by atoms with van der Waals surface area (Å²) >= 11 is 0. The number of hydrogen-bond acceptors (Lipinski definition) is 4. The molecule has 0 heterocycles. The zero-order valence-electron chi connectivity index (χ0n) is 11.3. The van der Waals surface area contributed by atoms with Crippen molar-refractivity contribution in [3.63, 3.8) is 0 Å². The normalized spacial score (nSPS) is 12.2. The Balaban J connectivity index is 2.84. The van der Waals surface area contributed by atoms with Crippen LogP contribution in [0.15, 0.2) is 12.1 Å². The molecule has 5 nitrogen and oxygen atoms in total. The highest BCUT2D eigenvalue weighted by atomic mass is 16.6. The van der Waals surface area contributed by atoms with E-state index in [4.69, 9.17) is 4.74 Å². The fourth-order valence-corrected chi connectivity index (χ4v) is 1.79. The van der Waals surface area contributed by atoms with Crippen molar-refractivity contribution in [2.75, 3.05) is 19.0 Å². The van der Waals surface area contributed by atoms with Gasteiger partial charge in [-0.25, -0.2) is 0 Å². The summed E-state index contributed by atoms with van der Waals surface area (Å²) < 4.78 is 5.03. The Morgan fingerprint density at radius 2 is 2.06 bits per heavy atom. The van der Waals surface area contributed by atoms with E-state index in [9.17, 15) is 10.1 Å². The number of ether oxygens (including phenoxy) is 1. The van der Waals surface area contributed by atoms with Gasteiger partial charge in [0.2, 0.25) is 0 Å². The fourth-order valence-electron chi connectivity index (χ4n) is 1.79. The molecule has 0 spiro atoms. The van der Waals surface area contributed by atoms with E-state index in [0.29, 0.717) is 12.2 Å². The molecule has 1 unspecified atom stereocenters. The minimum atomic E-state index is -0.347. The van der Waals surface area contributed by atoms with Crippen molar-refractivity contribution in [1.82, 2.24) is 0 Å². The molecule has 0 radical (unpaired) electrons. The van der Waals surface area contributed by atoms with Gasteiger partial charge in [-0.3, -0.25) is 10.1 Å². The number of methoxy groups -OCH3 is 1. The van der Waals surface area contributed by atoms with Crippen LogP contribution in [0.4, 0.5) is 11.4 Å². The standard InChI is InChI=1S/C13H20N2O3/c1-9-8-13(15(16)17)10(2)7-12(9)14-11(3)5-6-18-4/h7-8,11,14H,5-6H2,1-4H3. The number of anilines is 1. The summed E-state index contributed by atoms with van der Waals surface area (Å²) in [4.78, 5) is 10.5. The smallest absolute Gasteiger partial charge is 0.272 e. The van der Waals surface area contributed by atoms with E-state index in [2.05, 4.69) is 12.2 Å². The first-order chi connectivity index (χ1) is 8.45. The lowest BCUT2D eigenvalue weighted by atomic mass is 10.1. The SMILES string of the molecule is COCCC(C)Nc1cc(C)c([N+](=O)[O-])cc1C. The van der Waals surface area contributed by atoms with Crippen molar-refractivity contribution in [2.24, 2.45) is 0 Å². The lowest BCUT2D eigenvalue weighted by Gasteiger charge is -2.17. The predicted molar refractivity (Wildman–Crippen MR) is 72.1 cm³/mol. The van der Waals surface area contributed by atoms with E-state index in [1.807, 2.05) is 13.0 Å². The maximum absolute atomic E-state index is 10.8. The molecule has 0 fully saturated rings. The van der Waals surface area contributed by atoms with E-state index >= 15 is 0 Å². The van der Waals surface area contributed by atoms with Crippen LogP contribution >= 0.6 is 0 Å². The molecule has 18 heavy (non-hydrogen) atoms. The van der Waals surface area contributed by atoms with Crippen molar-refractivity contribution in [3.05, 3.63) is 33.4 Å². The van der Waals surface area contributed by atoms with Gasteiger partial charge in [-0.1, -0.05) is 0 Å². The van der Waals surface area contributed by atoms with E-state index < -0.39 is 0 Å². The molecule has 100 valence electrons. The summed E-state index contributed by atoms with van der Waals surface area (Å²) in [5.74, 6) is 0. The number of nitrogens with zero attached hydrogens (tertiary/aromatic N) is 1. The lowest BCUT2D eigenvalue weighted by Crippen LogP contribution is -2.18. The van der Waals surface area contributed by atoms with Gasteiger partial charge in [0, 0.05) is 37.1 Å². The summed E-state index contributed by atoms with van der Waals surface area (Å²) in [5, 5.41) is 14.2. The first kappa shape index (κ1) is 14.4. The summed E-state index contributed by atoms with van der Waals surface area (Å²) in [6.45, 7) is 6.38. The summed E-state index contributed by atoms with van der Waals surface area (Å²) in [5.41, 5.74) is 2.67. The van der Waals surface area contributed by atoms with Crippen molar-refractivity contribution >= 4 is 11.4 Å². The van der Waals surface area contributed by atoms with Crippen LogP contribution < -0.4 is 5.32 Å². The molecule has 5 heteroatoms. The maximum atomic E-state index is 10.8. The second-order valence-corrected chi connectivity index (χ2v) is 4.54. The van der Waals surface area contributed by atoms with Gasteiger partial charge in [0.15, 0.2) is 0 Å². The zero-order chi connectivity index (χ0) is 13.7. The number of rotatable bonds is 6. The third-order valence-electron chi connectivity index (χ3n) is 2.90. The molecular formula is C13H20N2O3. The molecule has 1 aromatic carbocycles. The third kappa shape index (κ3) is 3.70. The molecule has 0 aliphatic heterocycles. The van der Waals surface area contributed by atoms with Gasteiger partial charge in [0.1, 0.15) is 0 Å². The van der Waals surface area contributed by atoms with Gasteiger partial charge in [0.25, 0.3) is 5.69 Å². The van der Waals surface area contributed by atoms with Crippen LogP contribution in [0.5, 0.6) is 0 Å². The monoisotopic (exact) mass is 252 g/mol. The molecule has 0 aliphatic carbocycles. The van der Waals surface area contributed by atoms with Gasteiger partial charge < -0.3 is 10.1 Å². The molecule has 1 rings (SSSR count).